The van der Waals surface area contributed by atoms with Gasteiger partial charge in [0.05, 0.1) is 0 Å². The van der Waals surface area contributed by atoms with E-state index in [9.17, 15) is 26.7 Å². The standard InChI is InChI=1S/C8H3F5INO3/c9-5(10)2-1-3(18-8(11,12)13)15-6(14)4(2)7(16)17/h1,5H,(H,16,17). The average Bonchev–Trinajstić information content (AvgIpc) is 2.12. The van der Waals surface area contributed by atoms with Crippen LogP contribution in [0.5, 0.6) is 5.88 Å². The summed E-state index contributed by atoms with van der Waals surface area (Å²) < 4.78 is 63.6. The minimum Gasteiger partial charge on any atom is -0.478 e. The molecule has 1 aromatic heterocycles. The number of hydrogen-bond acceptors (Lipinski definition) is 3. The molecule has 0 saturated heterocycles. The number of halogens is 6. The Bertz CT molecular complexity index is 477. The molecule has 0 aromatic carbocycles. The van der Waals surface area contributed by atoms with Crippen molar-refractivity contribution in [2.75, 3.05) is 0 Å². The molecule has 0 radical (unpaired) electrons. The molecule has 0 aliphatic rings. The molecule has 0 atom stereocenters. The molecular weight excluding hydrogens is 380 g/mol. The number of carbonyl (C=O) groups is 1. The number of nitrogens with zero attached hydrogens (tertiary/aromatic N) is 1. The first-order valence-corrected chi connectivity index (χ1v) is 5.17. The molecular formula is C8H3F5INO3. The molecule has 0 unspecified atom stereocenters. The van der Waals surface area contributed by atoms with Crippen LogP contribution in [0.25, 0.3) is 0 Å². The predicted octanol–water partition coefficient (Wildman–Crippen LogP) is 3.22. The van der Waals surface area contributed by atoms with Gasteiger partial charge in [0.1, 0.15) is 9.26 Å². The molecule has 4 nitrogen and oxygen atoms in total. The molecule has 0 amide bonds. The number of carboxylic acid groups (broad SMARTS) is 1. The molecule has 0 saturated carbocycles. The molecule has 10 heteroatoms. The largest absolute Gasteiger partial charge is 0.574 e. The van der Waals surface area contributed by atoms with Crippen LogP contribution in [-0.2, 0) is 0 Å². The second-order valence-electron chi connectivity index (χ2n) is 2.87. The SMILES string of the molecule is O=C(O)c1c(C(F)F)cc(OC(F)(F)F)nc1I. The maximum Gasteiger partial charge on any atom is 0.574 e. The first kappa shape index (κ1) is 14.9. The lowest BCUT2D eigenvalue weighted by atomic mass is 10.1. The minimum absolute atomic E-state index is 0.254. The van der Waals surface area contributed by atoms with E-state index in [4.69, 9.17) is 5.11 Å². The Morgan fingerprint density at radius 1 is 1.44 bits per heavy atom. The molecule has 0 spiro atoms. The van der Waals surface area contributed by atoms with Crippen LogP contribution in [-0.4, -0.2) is 22.4 Å². The summed E-state index contributed by atoms with van der Waals surface area (Å²) in [5.41, 5.74) is -1.93. The number of carboxylic acids is 1. The summed E-state index contributed by atoms with van der Waals surface area (Å²) >= 11 is 1.24. The normalized spacial score (nSPS) is 11.7. The van der Waals surface area contributed by atoms with Crippen LogP contribution in [0.4, 0.5) is 22.0 Å². The van der Waals surface area contributed by atoms with Crippen molar-refractivity contribution in [3.63, 3.8) is 0 Å². The monoisotopic (exact) mass is 383 g/mol. The average molecular weight is 383 g/mol. The Morgan fingerprint density at radius 2 is 2.00 bits per heavy atom. The Morgan fingerprint density at radius 3 is 2.39 bits per heavy atom. The number of aromatic nitrogens is 1. The van der Waals surface area contributed by atoms with Crippen LogP contribution < -0.4 is 4.74 Å². The van der Waals surface area contributed by atoms with Crippen molar-refractivity contribution in [3.8, 4) is 5.88 Å². The molecule has 0 bridgehead atoms. The van der Waals surface area contributed by atoms with Gasteiger partial charge in [-0.2, -0.15) is 0 Å². The van der Waals surface area contributed by atoms with Crippen molar-refractivity contribution in [1.82, 2.24) is 4.98 Å². The van der Waals surface area contributed by atoms with Crippen molar-refractivity contribution >= 4 is 28.6 Å². The van der Waals surface area contributed by atoms with Crippen LogP contribution in [0.2, 0.25) is 0 Å². The Labute approximate surface area is 110 Å². The molecule has 0 aliphatic heterocycles. The Hall–Kier alpha value is -1.20. The summed E-state index contributed by atoms with van der Waals surface area (Å²) in [4.78, 5) is 13.9. The molecule has 100 valence electrons. The molecule has 1 rings (SSSR count). The minimum atomic E-state index is -5.10. The van der Waals surface area contributed by atoms with E-state index in [-0.39, 0.29) is 6.07 Å². The number of pyridine rings is 1. The smallest absolute Gasteiger partial charge is 0.478 e. The number of alkyl halides is 5. The first-order valence-electron chi connectivity index (χ1n) is 4.09. The van der Waals surface area contributed by atoms with Crippen molar-refractivity contribution in [1.29, 1.82) is 0 Å². The Kier molecular flexibility index (Phi) is 4.29. The van der Waals surface area contributed by atoms with E-state index in [1.165, 1.54) is 22.6 Å². The zero-order valence-corrected chi connectivity index (χ0v) is 10.3. The number of aromatic carboxylic acids is 1. The van der Waals surface area contributed by atoms with E-state index >= 15 is 0 Å². The van der Waals surface area contributed by atoms with E-state index in [2.05, 4.69) is 9.72 Å². The van der Waals surface area contributed by atoms with Gasteiger partial charge in [0, 0.05) is 11.6 Å². The maximum absolute atomic E-state index is 12.5. The Balaban J connectivity index is 3.32. The molecule has 0 fully saturated rings. The maximum atomic E-state index is 12.5. The van der Waals surface area contributed by atoms with Gasteiger partial charge in [-0.1, -0.05) is 0 Å². The fourth-order valence-corrected chi connectivity index (χ4v) is 1.84. The van der Waals surface area contributed by atoms with Crippen LogP contribution in [0.15, 0.2) is 6.07 Å². The summed E-state index contributed by atoms with van der Waals surface area (Å²) in [5, 5.41) is 8.68. The zero-order valence-electron chi connectivity index (χ0n) is 8.13. The van der Waals surface area contributed by atoms with Gasteiger partial charge in [-0.25, -0.2) is 18.6 Å². The highest BCUT2D eigenvalue weighted by Crippen LogP contribution is 2.31. The second-order valence-corrected chi connectivity index (χ2v) is 3.89. The fourth-order valence-electron chi connectivity index (χ4n) is 1.06. The third-order valence-electron chi connectivity index (χ3n) is 1.65. The lowest BCUT2D eigenvalue weighted by Gasteiger charge is -2.12. The highest BCUT2D eigenvalue weighted by Gasteiger charge is 2.33. The molecule has 1 aromatic rings. The van der Waals surface area contributed by atoms with Gasteiger partial charge in [0.15, 0.2) is 0 Å². The van der Waals surface area contributed by atoms with Crippen molar-refractivity contribution in [2.45, 2.75) is 12.8 Å². The van der Waals surface area contributed by atoms with E-state index < -0.39 is 39.5 Å². The van der Waals surface area contributed by atoms with E-state index in [1.54, 1.807) is 0 Å². The van der Waals surface area contributed by atoms with Gasteiger partial charge < -0.3 is 9.84 Å². The van der Waals surface area contributed by atoms with Crippen molar-refractivity contribution in [2.24, 2.45) is 0 Å². The second kappa shape index (κ2) is 5.20. The quantitative estimate of drug-likeness (QED) is 0.495. The van der Waals surface area contributed by atoms with E-state index in [0.717, 1.165) is 0 Å². The summed E-state index contributed by atoms with van der Waals surface area (Å²) in [6.07, 6.45) is -8.36. The molecule has 1 heterocycles. The van der Waals surface area contributed by atoms with Crippen LogP contribution >= 0.6 is 22.6 Å². The first-order chi connectivity index (χ1) is 8.11. The number of ether oxygens (including phenoxy) is 1. The van der Waals surface area contributed by atoms with Crippen molar-refractivity contribution in [3.05, 3.63) is 20.9 Å². The lowest BCUT2D eigenvalue weighted by molar-refractivity contribution is -0.276. The van der Waals surface area contributed by atoms with Gasteiger partial charge in [0.25, 0.3) is 6.43 Å². The van der Waals surface area contributed by atoms with Crippen LogP contribution in [0.3, 0.4) is 0 Å². The number of rotatable bonds is 3. The summed E-state index contributed by atoms with van der Waals surface area (Å²) in [6, 6.07) is 0.254. The fraction of sp³-hybridized carbons (Fsp3) is 0.250. The topological polar surface area (TPSA) is 59.4 Å². The third-order valence-corrected chi connectivity index (χ3v) is 2.43. The lowest BCUT2D eigenvalue weighted by Crippen LogP contribution is -2.19. The molecule has 0 aliphatic carbocycles. The number of hydrogen-bond donors (Lipinski definition) is 1. The van der Waals surface area contributed by atoms with E-state index in [1.807, 2.05) is 0 Å². The van der Waals surface area contributed by atoms with Gasteiger partial charge in [-0.15, -0.1) is 13.2 Å². The summed E-state index contributed by atoms with van der Waals surface area (Å²) in [6.45, 7) is 0. The van der Waals surface area contributed by atoms with E-state index in [0.29, 0.717) is 0 Å². The third kappa shape index (κ3) is 3.65. The molecule has 1 N–H and O–H groups in total. The summed E-state index contributed by atoms with van der Waals surface area (Å²) in [5.74, 6) is -2.84. The van der Waals surface area contributed by atoms with Gasteiger partial charge >= 0.3 is 12.3 Å². The molecule has 18 heavy (non-hydrogen) atoms. The van der Waals surface area contributed by atoms with Gasteiger partial charge in [-0.05, 0) is 22.6 Å². The van der Waals surface area contributed by atoms with Crippen molar-refractivity contribution < 1.29 is 36.6 Å². The summed E-state index contributed by atoms with van der Waals surface area (Å²) in [7, 11) is 0. The predicted molar refractivity (Wildman–Crippen MR) is 55.6 cm³/mol. The van der Waals surface area contributed by atoms with Crippen LogP contribution in [0.1, 0.15) is 22.3 Å². The highest BCUT2D eigenvalue weighted by molar-refractivity contribution is 14.1. The zero-order chi connectivity index (χ0) is 14.1. The van der Waals surface area contributed by atoms with Gasteiger partial charge in [-0.3, -0.25) is 0 Å². The highest BCUT2D eigenvalue weighted by atomic mass is 127. The van der Waals surface area contributed by atoms with Gasteiger partial charge in [0.2, 0.25) is 5.88 Å². The van der Waals surface area contributed by atoms with Crippen LogP contribution in [0, 0.1) is 3.70 Å².